The van der Waals surface area contributed by atoms with Crippen LogP contribution in [0, 0.1) is 6.92 Å². The minimum atomic E-state index is 0. The van der Waals surface area contributed by atoms with E-state index >= 15 is 0 Å². The molecule has 0 spiro atoms. The van der Waals surface area contributed by atoms with E-state index in [2.05, 4.69) is 6.92 Å². The third kappa shape index (κ3) is 9.03. The number of hydrogen-bond acceptors (Lipinski definition) is 0. The van der Waals surface area contributed by atoms with Crippen LogP contribution < -0.4 is 0 Å². The van der Waals surface area contributed by atoms with E-state index in [1.54, 1.807) is 0 Å². The standard InChI is InChI=1S/C5H9.K.H/c1-4-5(2)3;;/h4H,1H2,2-3H3;;. The summed E-state index contributed by atoms with van der Waals surface area (Å²) in [6.45, 7) is 7.56. The molecule has 1 radical (unpaired) electrons. The second-order valence-electron chi connectivity index (χ2n) is 1.28. The second-order valence-corrected chi connectivity index (χ2v) is 1.28. The Morgan fingerprint density at radius 2 is 1.67 bits per heavy atom. The maximum atomic E-state index is 3.52. The van der Waals surface area contributed by atoms with Crippen molar-refractivity contribution < 1.29 is 0 Å². The number of hydrogen-bond donors (Lipinski definition) is 0. The van der Waals surface area contributed by atoms with Gasteiger partial charge in [-0.15, -0.1) is 0 Å². The molecule has 0 rings (SSSR count). The Labute approximate surface area is 82.4 Å². The van der Waals surface area contributed by atoms with Gasteiger partial charge in [-0.3, -0.25) is 0 Å². The van der Waals surface area contributed by atoms with Crippen LogP contribution in [0.1, 0.15) is 13.8 Å². The van der Waals surface area contributed by atoms with E-state index in [1.807, 2.05) is 19.9 Å². The van der Waals surface area contributed by atoms with Gasteiger partial charge in [0.05, 0.1) is 0 Å². The van der Waals surface area contributed by atoms with Crippen LogP contribution >= 0.6 is 0 Å². The van der Waals surface area contributed by atoms with Gasteiger partial charge in [0.25, 0.3) is 0 Å². The predicted molar refractivity (Wildman–Crippen MR) is 31.9 cm³/mol. The van der Waals surface area contributed by atoms with Crippen LogP contribution in [-0.2, 0) is 0 Å². The van der Waals surface area contributed by atoms with Crippen molar-refractivity contribution in [3.63, 3.8) is 0 Å². The third-order valence-electron chi connectivity index (χ3n) is 0.408. The van der Waals surface area contributed by atoms with Crippen molar-refractivity contribution in [3.05, 3.63) is 18.6 Å². The van der Waals surface area contributed by atoms with Crippen LogP contribution in [0.4, 0.5) is 0 Å². The van der Waals surface area contributed by atoms with E-state index in [4.69, 9.17) is 0 Å². The van der Waals surface area contributed by atoms with Crippen molar-refractivity contribution in [3.8, 4) is 0 Å². The van der Waals surface area contributed by atoms with Gasteiger partial charge in [0.1, 0.15) is 0 Å². The number of rotatable bonds is 0. The molecule has 0 aliphatic carbocycles. The van der Waals surface area contributed by atoms with Crippen LogP contribution in [0.15, 0.2) is 11.6 Å². The van der Waals surface area contributed by atoms with Crippen molar-refractivity contribution in [2.24, 2.45) is 0 Å². The van der Waals surface area contributed by atoms with Crippen molar-refractivity contribution >= 4 is 51.4 Å². The van der Waals surface area contributed by atoms with Crippen LogP contribution in [0.25, 0.3) is 0 Å². The monoisotopic (exact) mass is 109 g/mol. The summed E-state index contributed by atoms with van der Waals surface area (Å²) in [5, 5.41) is 0. The van der Waals surface area contributed by atoms with E-state index in [0.717, 1.165) is 0 Å². The maximum absolute atomic E-state index is 3.52. The average molecular weight is 109 g/mol. The average Bonchev–Trinajstić information content (AvgIpc) is 1.38. The Morgan fingerprint density at radius 3 is 1.67 bits per heavy atom. The Balaban J connectivity index is 0. The fourth-order valence-corrected chi connectivity index (χ4v) is 0. The zero-order chi connectivity index (χ0) is 4.28. The van der Waals surface area contributed by atoms with E-state index in [9.17, 15) is 0 Å². The first kappa shape index (κ1) is 10.4. The molecule has 0 amide bonds. The van der Waals surface area contributed by atoms with Gasteiger partial charge in [0.2, 0.25) is 0 Å². The molecular weight excluding hydrogens is 99.2 g/mol. The molecule has 0 bridgehead atoms. The molecular formula is C5H10K. The molecule has 0 atom stereocenters. The molecule has 1 heteroatoms. The zero-order valence-electron chi connectivity index (χ0n) is 3.78. The third-order valence-corrected chi connectivity index (χ3v) is 0.408. The molecule has 0 unspecified atom stereocenters. The van der Waals surface area contributed by atoms with Gasteiger partial charge >= 0.3 is 51.4 Å². The summed E-state index contributed by atoms with van der Waals surface area (Å²) in [4.78, 5) is 0. The summed E-state index contributed by atoms with van der Waals surface area (Å²) in [7, 11) is 0. The van der Waals surface area contributed by atoms with Gasteiger partial charge in [-0.25, -0.2) is 0 Å². The quantitative estimate of drug-likeness (QED) is 0.409. The van der Waals surface area contributed by atoms with Crippen molar-refractivity contribution in [2.75, 3.05) is 0 Å². The fraction of sp³-hybridized carbons (Fsp3) is 0.400. The molecule has 6 heavy (non-hydrogen) atoms. The molecule has 0 aromatic heterocycles. The topological polar surface area (TPSA) is 0 Å². The molecule has 0 aliphatic heterocycles. The summed E-state index contributed by atoms with van der Waals surface area (Å²) in [5.41, 5.74) is 1.27. The minimum absolute atomic E-state index is 0. The normalized spacial score (nSPS) is 5.83. The van der Waals surface area contributed by atoms with Gasteiger partial charge in [0.15, 0.2) is 0 Å². The molecule has 0 fully saturated rings. The van der Waals surface area contributed by atoms with Crippen LogP contribution in [-0.4, -0.2) is 51.4 Å². The van der Waals surface area contributed by atoms with E-state index in [1.165, 1.54) is 5.57 Å². The van der Waals surface area contributed by atoms with Crippen LogP contribution in [0.5, 0.6) is 0 Å². The number of allylic oxidation sites excluding steroid dienone is 2. The Hall–Kier alpha value is 1.38. The molecule has 0 N–H and O–H groups in total. The summed E-state index contributed by atoms with van der Waals surface area (Å²) >= 11 is 0. The first-order valence-electron chi connectivity index (χ1n) is 1.70. The zero-order valence-corrected chi connectivity index (χ0v) is 3.78. The van der Waals surface area contributed by atoms with E-state index in [0.29, 0.717) is 0 Å². The van der Waals surface area contributed by atoms with Crippen molar-refractivity contribution in [1.29, 1.82) is 0 Å². The molecule has 31 valence electrons. The summed E-state index contributed by atoms with van der Waals surface area (Å²) in [6.07, 6.45) is 1.83. The molecule has 0 aromatic carbocycles. The van der Waals surface area contributed by atoms with Gasteiger partial charge < -0.3 is 0 Å². The molecule has 0 saturated carbocycles. The van der Waals surface area contributed by atoms with Gasteiger partial charge in [-0.1, -0.05) is 11.6 Å². The first-order chi connectivity index (χ1) is 2.27. The Morgan fingerprint density at radius 1 is 1.50 bits per heavy atom. The Kier molecular flexibility index (Phi) is 11.0. The van der Waals surface area contributed by atoms with E-state index in [-0.39, 0.29) is 51.4 Å². The van der Waals surface area contributed by atoms with Gasteiger partial charge in [-0.05, 0) is 20.8 Å². The first-order valence-corrected chi connectivity index (χ1v) is 1.70. The van der Waals surface area contributed by atoms with Gasteiger partial charge in [0, 0.05) is 0 Å². The second kappa shape index (κ2) is 6.38. The fourth-order valence-electron chi connectivity index (χ4n) is 0. The molecule has 0 aliphatic rings. The summed E-state index contributed by atoms with van der Waals surface area (Å²) in [6, 6.07) is 0. The SMILES string of the molecule is [CH2]C=C(C)C.[KH]. The summed E-state index contributed by atoms with van der Waals surface area (Å²) in [5.74, 6) is 0. The van der Waals surface area contributed by atoms with Gasteiger partial charge in [-0.2, -0.15) is 0 Å². The molecule has 0 heterocycles. The Bertz CT molecular complexity index is 41.9. The van der Waals surface area contributed by atoms with Crippen LogP contribution in [0.3, 0.4) is 0 Å². The van der Waals surface area contributed by atoms with Crippen molar-refractivity contribution in [1.82, 2.24) is 0 Å². The summed E-state index contributed by atoms with van der Waals surface area (Å²) < 4.78 is 0. The molecule has 0 saturated heterocycles. The molecule has 0 aromatic rings. The molecule has 0 nitrogen and oxygen atoms in total. The predicted octanol–water partition coefficient (Wildman–Crippen LogP) is 1.14. The van der Waals surface area contributed by atoms with E-state index < -0.39 is 0 Å². The van der Waals surface area contributed by atoms with Crippen molar-refractivity contribution in [2.45, 2.75) is 13.8 Å². The van der Waals surface area contributed by atoms with Crippen LogP contribution in [0.2, 0.25) is 0 Å².